The van der Waals surface area contributed by atoms with Crippen molar-refractivity contribution in [3.63, 3.8) is 0 Å². The average Bonchev–Trinajstić information content (AvgIpc) is 2.84. The Hall–Kier alpha value is -0.830. The summed E-state index contributed by atoms with van der Waals surface area (Å²) >= 11 is 0. The Kier molecular flexibility index (Phi) is 4.68. The van der Waals surface area contributed by atoms with E-state index in [2.05, 4.69) is 30.7 Å². The van der Waals surface area contributed by atoms with E-state index in [9.17, 15) is 0 Å². The zero-order valence-electron chi connectivity index (χ0n) is 14.0. The van der Waals surface area contributed by atoms with E-state index in [1.165, 1.54) is 49.3 Å². The van der Waals surface area contributed by atoms with Gasteiger partial charge in [-0.05, 0) is 31.6 Å². The van der Waals surface area contributed by atoms with E-state index in [1.54, 1.807) is 0 Å². The molecular weight excluding hydrogens is 258 g/mol. The van der Waals surface area contributed by atoms with Gasteiger partial charge in [0.15, 0.2) is 0 Å². The zero-order valence-corrected chi connectivity index (χ0v) is 14.0. The van der Waals surface area contributed by atoms with Gasteiger partial charge in [-0.25, -0.2) is 4.98 Å². The lowest BCUT2D eigenvalue weighted by molar-refractivity contribution is 0.254. The highest BCUT2D eigenvalue weighted by atomic mass is 15.1. The number of nitrogens with zero attached hydrogens (tertiary/aromatic N) is 2. The van der Waals surface area contributed by atoms with Gasteiger partial charge in [-0.15, -0.1) is 0 Å². The molecular formula is C18H31N3. The van der Waals surface area contributed by atoms with Crippen LogP contribution in [0.15, 0.2) is 0 Å². The Bertz CT molecular complexity index is 469. The van der Waals surface area contributed by atoms with Crippen molar-refractivity contribution in [3.8, 4) is 0 Å². The number of hydrogen-bond donors (Lipinski definition) is 1. The summed E-state index contributed by atoms with van der Waals surface area (Å²) in [6, 6.07) is 0.633. The predicted octanol–water partition coefficient (Wildman–Crippen LogP) is 3.87. The molecule has 1 saturated carbocycles. The van der Waals surface area contributed by atoms with Crippen LogP contribution in [0, 0.1) is 11.8 Å². The largest absolute Gasteiger partial charge is 0.329 e. The summed E-state index contributed by atoms with van der Waals surface area (Å²) in [6.45, 7) is 9.13. The number of aromatic nitrogens is 2. The third kappa shape index (κ3) is 3.18. The van der Waals surface area contributed by atoms with E-state index in [-0.39, 0.29) is 0 Å². The minimum Gasteiger partial charge on any atom is -0.329 e. The third-order valence-corrected chi connectivity index (χ3v) is 5.33. The molecule has 0 aromatic carbocycles. The third-order valence-electron chi connectivity index (χ3n) is 5.33. The highest BCUT2D eigenvalue weighted by Gasteiger charge is 2.28. The summed E-state index contributed by atoms with van der Waals surface area (Å²) in [6.07, 6.45) is 9.37. The normalized spacial score (nSPS) is 21.5. The van der Waals surface area contributed by atoms with Crippen LogP contribution in [0.5, 0.6) is 0 Å². The summed E-state index contributed by atoms with van der Waals surface area (Å²) in [4.78, 5) is 5.01. The topological polar surface area (TPSA) is 29.9 Å². The first kappa shape index (κ1) is 15.1. The fourth-order valence-corrected chi connectivity index (χ4v) is 4.21. The van der Waals surface area contributed by atoms with Gasteiger partial charge in [0.05, 0.1) is 5.69 Å². The van der Waals surface area contributed by atoms with Gasteiger partial charge in [-0.1, -0.05) is 33.1 Å². The fourth-order valence-electron chi connectivity index (χ4n) is 4.21. The molecule has 3 rings (SSSR count). The van der Waals surface area contributed by atoms with Gasteiger partial charge in [-0.2, -0.15) is 0 Å². The van der Waals surface area contributed by atoms with Crippen molar-refractivity contribution in [2.24, 2.45) is 11.8 Å². The molecule has 118 valence electrons. The van der Waals surface area contributed by atoms with E-state index >= 15 is 0 Å². The molecule has 1 atom stereocenters. The van der Waals surface area contributed by atoms with Gasteiger partial charge >= 0.3 is 0 Å². The lowest BCUT2D eigenvalue weighted by atomic mass is 9.84. The molecule has 0 amide bonds. The second kappa shape index (κ2) is 6.51. The van der Waals surface area contributed by atoms with Crippen molar-refractivity contribution >= 4 is 0 Å². The van der Waals surface area contributed by atoms with E-state index in [1.807, 2.05) is 0 Å². The predicted molar refractivity (Wildman–Crippen MR) is 87.5 cm³/mol. The van der Waals surface area contributed by atoms with E-state index < -0.39 is 0 Å². The van der Waals surface area contributed by atoms with E-state index in [0.717, 1.165) is 31.8 Å². The van der Waals surface area contributed by atoms with Crippen molar-refractivity contribution in [2.45, 2.75) is 78.3 Å². The molecule has 3 nitrogen and oxygen atoms in total. The van der Waals surface area contributed by atoms with Gasteiger partial charge in [0.1, 0.15) is 5.82 Å². The molecule has 1 unspecified atom stereocenters. The Labute approximate surface area is 129 Å². The number of nitrogens with one attached hydrogen (secondary N) is 1. The van der Waals surface area contributed by atoms with Crippen molar-refractivity contribution in [1.82, 2.24) is 14.9 Å². The molecule has 2 heterocycles. The van der Waals surface area contributed by atoms with Gasteiger partial charge in [0, 0.05) is 37.7 Å². The zero-order chi connectivity index (χ0) is 14.8. The maximum atomic E-state index is 5.01. The average molecular weight is 289 g/mol. The molecule has 0 radical (unpaired) electrons. The molecule has 3 heteroatoms. The SMILES string of the molecule is CC(C)Cc1nc2c(n1C(C)C1CCCCC1)CCNC2. The number of rotatable bonds is 4. The van der Waals surface area contributed by atoms with E-state index in [0.29, 0.717) is 12.0 Å². The minimum absolute atomic E-state index is 0.633. The van der Waals surface area contributed by atoms with Crippen LogP contribution in [0.3, 0.4) is 0 Å². The number of imidazole rings is 1. The van der Waals surface area contributed by atoms with Gasteiger partial charge in [0.25, 0.3) is 0 Å². The molecule has 1 N–H and O–H groups in total. The van der Waals surface area contributed by atoms with E-state index in [4.69, 9.17) is 4.98 Å². The standard InChI is InChI=1S/C18H31N3/c1-13(2)11-18-20-16-12-19-10-9-17(16)21(18)14(3)15-7-5-4-6-8-15/h13-15,19H,4-12H2,1-3H3. The summed E-state index contributed by atoms with van der Waals surface area (Å²) in [5, 5.41) is 3.48. The Morgan fingerprint density at radius 1 is 1.19 bits per heavy atom. The molecule has 1 fully saturated rings. The molecule has 1 aromatic rings. The first-order chi connectivity index (χ1) is 10.2. The van der Waals surface area contributed by atoms with Crippen LogP contribution < -0.4 is 5.32 Å². The van der Waals surface area contributed by atoms with Crippen LogP contribution >= 0.6 is 0 Å². The van der Waals surface area contributed by atoms with Crippen molar-refractivity contribution in [2.75, 3.05) is 6.54 Å². The summed E-state index contributed by atoms with van der Waals surface area (Å²) in [7, 11) is 0. The Balaban J connectivity index is 1.91. The van der Waals surface area contributed by atoms with Gasteiger partial charge in [-0.3, -0.25) is 0 Å². The lowest BCUT2D eigenvalue weighted by Crippen LogP contribution is -2.28. The van der Waals surface area contributed by atoms with Crippen LogP contribution in [-0.4, -0.2) is 16.1 Å². The van der Waals surface area contributed by atoms with Crippen LogP contribution in [0.1, 0.15) is 76.1 Å². The Morgan fingerprint density at radius 2 is 1.95 bits per heavy atom. The van der Waals surface area contributed by atoms with Crippen LogP contribution in [0.25, 0.3) is 0 Å². The maximum Gasteiger partial charge on any atom is 0.109 e. The molecule has 2 aliphatic rings. The summed E-state index contributed by atoms with van der Waals surface area (Å²) < 4.78 is 2.64. The van der Waals surface area contributed by atoms with Crippen LogP contribution in [0.4, 0.5) is 0 Å². The molecule has 1 aliphatic heterocycles. The highest BCUT2D eigenvalue weighted by molar-refractivity contribution is 5.22. The van der Waals surface area contributed by atoms with Gasteiger partial charge < -0.3 is 9.88 Å². The molecule has 1 aromatic heterocycles. The molecule has 0 saturated heterocycles. The van der Waals surface area contributed by atoms with Crippen molar-refractivity contribution in [3.05, 3.63) is 17.2 Å². The second-order valence-corrected chi connectivity index (χ2v) is 7.45. The first-order valence-electron chi connectivity index (χ1n) is 8.96. The number of hydrogen-bond acceptors (Lipinski definition) is 2. The number of fused-ring (bicyclic) bond motifs is 1. The lowest BCUT2D eigenvalue weighted by Gasteiger charge is -2.31. The molecule has 1 aliphatic carbocycles. The monoisotopic (exact) mass is 289 g/mol. The van der Waals surface area contributed by atoms with Crippen molar-refractivity contribution in [1.29, 1.82) is 0 Å². The van der Waals surface area contributed by atoms with Crippen LogP contribution in [-0.2, 0) is 19.4 Å². The maximum absolute atomic E-state index is 5.01. The summed E-state index contributed by atoms with van der Waals surface area (Å²) in [5.74, 6) is 2.88. The second-order valence-electron chi connectivity index (χ2n) is 7.45. The fraction of sp³-hybridized carbons (Fsp3) is 0.833. The smallest absolute Gasteiger partial charge is 0.109 e. The van der Waals surface area contributed by atoms with Crippen LogP contribution in [0.2, 0.25) is 0 Å². The first-order valence-corrected chi connectivity index (χ1v) is 8.96. The summed E-state index contributed by atoms with van der Waals surface area (Å²) in [5.41, 5.74) is 2.85. The Morgan fingerprint density at radius 3 is 2.67 bits per heavy atom. The minimum atomic E-state index is 0.633. The molecule has 21 heavy (non-hydrogen) atoms. The van der Waals surface area contributed by atoms with Crippen molar-refractivity contribution < 1.29 is 0 Å². The highest BCUT2D eigenvalue weighted by Crippen LogP contribution is 2.35. The molecule has 0 spiro atoms. The quantitative estimate of drug-likeness (QED) is 0.912. The molecule has 0 bridgehead atoms. The van der Waals surface area contributed by atoms with Gasteiger partial charge in [0.2, 0.25) is 0 Å².